The van der Waals surface area contributed by atoms with E-state index in [1.165, 1.54) is 23.4 Å². The van der Waals surface area contributed by atoms with E-state index in [1.54, 1.807) is 0 Å². The van der Waals surface area contributed by atoms with Gasteiger partial charge in [0, 0.05) is 24.5 Å². The van der Waals surface area contributed by atoms with Crippen molar-refractivity contribution in [1.29, 1.82) is 0 Å². The van der Waals surface area contributed by atoms with Gasteiger partial charge in [0.1, 0.15) is 0 Å². The van der Waals surface area contributed by atoms with Crippen molar-refractivity contribution in [2.45, 2.75) is 25.8 Å². The normalized spacial score (nSPS) is 12.5. The summed E-state index contributed by atoms with van der Waals surface area (Å²) < 4.78 is 0. The van der Waals surface area contributed by atoms with Gasteiger partial charge < -0.3 is 10.6 Å². The Bertz CT molecular complexity index is 311. The lowest BCUT2D eigenvalue weighted by Crippen LogP contribution is -2.33. The van der Waals surface area contributed by atoms with Crippen LogP contribution in [0.2, 0.25) is 0 Å². The summed E-state index contributed by atoms with van der Waals surface area (Å²) in [6.45, 7) is 2.97. The smallest absolute Gasteiger partial charge is 0.0374 e. The van der Waals surface area contributed by atoms with Crippen molar-refractivity contribution in [2.75, 3.05) is 30.5 Å². The second-order valence-electron chi connectivity index (χ2n) is 4.33. The molecule has 1 aromatic carbocycles. The Kier molecular flexibility index (Phi) is 6.45. The molecule has 0 heterocycles. The van der Waals surface area contributed by atoms with Crippen LogP contribution in [0.1, 0.15) is 18.9 Å². The van der Waals surface area contributed by atoms with Crippen LogP contribution < -0.4 is 10.6 Å². The molecule has 0 amide bonds. The number of anilines is 1. The molecule has 96 valence electrons. The molecular formula is C14H24N2S. The second kappa shape index (κ2) is 7.62. The fourth-order valence-electron chi connectivity index (χ4n) is 1.97. The predicted octanol–water partition coefficient (Wildman–Crippen LogP) is 2.77. The standard InChI is InChI=1S/C14H24N2S/c1-4-13(11-17-3)16(2)14-7-5-12(6-8-14)9-10-15/h5-8,13H,4,9-11,15H2,1-3H3. The highest BCUT2D eigenvalue weighted by Crippen LogP contribution is 2.19. The molecule has 1 aromatic rings. The first-order valence-electron chi connectivity index (χ1n) is 6.23. The average Bonchev–Trinajstić information content (AvgIpc) is 2.36. The number of rotatable bonds is 7. The van der Waals surface area contributed by atoms with Gasteiger partial charge in [0.15, 0.2) is 0 Å². The number of nitrogens with zero attached hydrogens (tertiary/aromatic N) is 1. The highest BCUT2D eigenvalue weighted by molar-refractivity contribution is 7.98. The maximum Gasteiger partial charge on any atom is 0.0374 e. The van der Waals surface area contributed by atoms with Crippen molar-refractivity contribution in [3.8, 4) is 0 Å². The first-order chi connectivity index (χ1) is 8.22. The van der Waals surface area contributed by atoms with Crippen molar-refractivity contribution < 1.29 is 0 Å². The number of hydrogen-bond acceptors (Lipinski definition) is 3. The summed E-state index contributed by atoms with van der Waals surface area (Å²) in [6.07, 6.45) is 4.31. The van der Waals surface area contributed by atoms with Gasteiger partial charge in [0.05, 0.1) is 0 Å². The fraction of sp³-hybridized carbons (Fsp3) is 0.571. The summed E-state index contributed by atoms with van der Waals surface area (Å²) in [5, 5.41) is 0. The van der Waals surface area contributed by atoms with E-state index in [2.05, 4.69) is 49.4 Å². The van der Waals surface area contributed by atoms with Gasteiger partial charge in [0.25, 0.3) is 0 Å². The predicted molar refractivity (Wildman–Crippen MR) is 80.1 cm³/mol. The maximum atomic E-state index is 5.55. The van der Waals surface area contributed by atoms with Gasteiger partial charge in [-0.3, -0.25) is 0 Å². The molecule has 0 radical (unpaired) electrons. The monoisotopic (exact) mass is 252 g/mol. The van der Waals surface area contributed by atoms with E-state index in [0.717, 1.165) is 13.0 Å². The van der Waals surface area contributed by atoms with Gasteiger partial charge in [0.2, 0.25) is 0 Å². The van der Waals surface area contributed by atoms with E-state index in [0.29, 0.717) is 6.04 Å². The summed E-state index contributed by atoms with van der Waals surface area (Å²) in [4.78, 5) is 2.38. The molecule has 1 rings (SSSR count). The number of nitrogens with two attached hydrogens (primary N) is 1. The Morgan fingerprint density at radius 3 is 2.41 bits per heavy atom. The van der Waals surface area contributed by atoms with E-state index < -0.39 is 0 Å². The van der Waals surface area contributed by atoms with Crippen LogP contribution in [0.5, 0.6) is 0 Å². The van der Waals surface area contributed by atoms with Crippen LogP contribution in [0.25, 0.3) is 0 Å². The molecule has 0 spiro atoms. The second-order valence-corrected chi connectivity index (χ2v) is 5.24. The maximum absolute atomic E-state index is 5.55. The van der Waals surface area contributed by atoms with Crippen LogP contribution in [-0.4, -0.2) is 31.6 Å². The van der Waals surface area contributed by atoms with Gasteiger partial charge in [-0.1, -0.05) is 19.1 Å². The van der Waals surface area contributed by atoms with E-state index in [1.807, 2.05) is 11.8 Å². The zero-order chi connectivity index (χ0) is 12.7. The summed E-state index contributed by atoms with van der Waals surface area (Å²) in [5.41, 5.74) is 8.17. The molecule has 0 fully saturated rings. The number of benzene rings is 1. The van der Waals surface area contributed by atoms with Gasteiger partial charge >= 0.3 is 0 Å². The quantitative estimate of drug-likeness (QED) is 0.809. The van der Waals surface area contributed by atoms with Crippen LogP contribution >= 0.6 is 11.8 Å². The molecule has 2 N–H and O–H groups in total. The summed E-state index contributed by atoms with van der Waals surface area (Å²) >= 11 is 1.91. The first kappa shape index (κ1) is 14.4. The molecule has 2 nitrogen and oxygen atoms in total. The van der Waals surface area contributed by atoms with E-state index >= 15 is 0 Å². The Morgan fingerprint density at radius 2 is 1.94 bits per heavy atom. The third-order valence-corrected chi connectivity index (χ3v) is 3.87. The van der Waals surface area contributed by atoms with Crippen molar-refractivity contribution in [3.63, 3.8) is 0 Å². The van der Waals surface area contributed by atoms with Crippen molar-refractivity contribution in [1.82, 2.24) is 0 Å². The van der Waals surface area contributed by atoms with Crippen LogP contribution in [0, 0.1) is 0 Å². The van der Waals surface area contributed by atoms with Crippen LogP contribution in [-0.2, 0) is 6.42 Å². The minimum Gasteiger partial charge on any atom is -0.371 e. The molecule has 0 bridgehead atoms. The first-order valence-corrected chi connectivity index (χ1v) is 7.63. The topological polar surface area (TPSA) is 29.3 Å². The Balaban J connectivity index is 2.70. The summed E-state index contributed by atoms with van der Waals surface area (Å²) in [5.74, 6) is 1.18. The molecule has 0 saturated heterocycles. The van der Waals surface area contributed by atoms with Crippen molar-refractivity contribution >= 4 is 17.4 Å². The third-order valence-electron chi connectivity index (χ3n) is 3.15. The molecular weight excluding hydrogens is 228 g/mol. The highest BCUT2D eigenvalue weighted by Gasteiger charge is 2.12. The lowest BCUT2D eigenvalue weighted by molar-refractivity contribution is 0.673. The Hall–Kier alpha value is -0.670. The third kappa shape index (κ3) is 4.25. The van der Waals surface area contributed by atoms with Gasteiger partial charge in [-0.25, -0.2) is 0 Å². The lowest BCUT2D eigenvalue weighted by atomic mass is 10.1. The zero-order valence-electron chi connectivity index (χ0n) is 11.1. The molecule has 0 aromatic heterocycles. The molecule has 0 aliphatic rings. The minimum absolute atomic E-state index is 0.616. The van der Waals surface area contributed by atoms with E-state index in [9.17, 15) is 0 Å². The largest absolute Gasteiger partial charge is 0.371 e. The van der Waals surface area contributed by atoms with Crippen molar-refractivity contribution in [2.24, 2.45) is 5.73 Å². The zero-order valence-corrected chi connectivity index (χ0v) is 12.0. The number of thioether (sulfide) groups is 1. The number of hydrogen-bond donors (Lipinski definition) is 1. The molecule has 0 aliphatic carbocycles. The lowest BCUT2D eigenvalue weighted by Gasteiger charge is -2.29. The van der Waals surface area contributed by atoms with Gasteiger partial charge in [-0.15, -0.1) is 0 Å². The van der Waals surface area contributed by atoms with Gasteiger partial charge in [-0.2, -0.15) is 11.8 Å². The molecule has 1 atom stereocenters. The van der Waals surface area contributed by atoms with Crippen LogP contribution in [0.15, 0.2) is 24.3 Å². The molecule has 1 unspecified atom stereocenters. The average molecular weight is 252 g/mol. The minimum atomic E-state index is 0.616. The molecule has 0 aliphatic heterocycles. The van der Waals surface area contributed by atoms with Gasteiger partial charge in [-0.05, 0) is 43.3 Å². The van der Waals surface area contributed by atoms with Crippen LogP contribution in [0.3, 0.4) is 0 Å². The highest BCUT2D eigenvalue weighted by atomic mass is 32.2. The SMILES string of the molecule is CCC(CSC)N(C)c1ccc(CCN)cc1. The summed E-state index contributed by atoms with van der Waals surface area (Å²) in [7, 11) is 2.18. The van der Waals surface area contributed by atoms with E-state index in [-0.39, 0.29) is 0 Å². The van der Waals surface area contributed by atoms with Crippen molar-refractivity contribution in [3.05, 3.63) is 29.8 Å². The summed E-state index contributed by atoms with van der Waals surface area (Å²) in [6, 6.07) is 9.39. The molecule has 17 heavy (non-hydrogen) atoms. The Labute approximate surface area is 110 Å². The van der Waals surface area contributed by atoms with Crippen LogP contribution in [0.4, 0.5) is 5.69 Å². The molecule has 3 heteroatoms. The fourth-order valence-corrected chi connectivity index (χ4v) is 2.82. The molecule has 0 saturated carbocycles. The Morgan fingerprint density at radius 1 is 1.29 bits per heavy atom. The van der Waals surface area contributed by atoms with E-state index in [4.69, 9.17) is 5.73 Å².